The van der Waals surface area contributed by atoms with E-state index in [-0.39, 0.29) is 19.1 Å². The zero-order valence-corrected chi connectivity index (χ0v) is 18.6. The largest absolute Gasteiger partial charge is 0.481 e. The third-order valence-electron chi connectivity index (χ3n) is 6.04. The molecule has 1 aromatic carbocycles. The first-order valence-corrected chi connectivity index (χ1v) is 11.3. The molecule has 3 aromatic rings. The Morgan fingerprint density at radius 3 is 3.00 bits per heavy atom. The van der Waals surface area contributed by atoms with Gasteiger partial charge in [0, 0.05) is 25.2 Å². The first-order chi connectivity index (χ1) is 16.5. The van der Waals surface area contributed by atoms with Gasteiger partial charge in [-0.3, -0.25) is 4.79 Å². The highest BCUT2D eigenvalue weighted by molar-refractivity contribution is 5.68. The number of nitrogens with zero attached hydrogens (tertiary/aromatic N) is 3. The average Bonchev–Trinajstić information content (AvgIpc) is 3.50. The smallest absolute Gasteiger partial charge is 0.304 e. The molecule has 176 valence electrons. The van der Waals surface area contributed by atoms with Gasteiger partial charge in [0.1, 0.15) is 11.9 Å². The lowest BCUT2D eigenvalue weighted by atomic mass is 9.95. The van der Waals surface area contributed by atoms with Gasteiger partial charge in [-0.25, -0.2) is 9.97 Å². The van der Waals surface area contributed by atoms with Gasteiger partial charge < -0.3 is 29.6 Å². The number of carbonyl (C=O) groups is 1. The van der Waals surface area contributed by atoms with Crippen molar-refractivity contribution >= 4 is 17.9 Å². The van der Waals surface area contributed by atoms with E-state index in [2.05, 4.69) is 15.3 Å². The molecule has 2 aliphatic heterocycles. The zero-order valence-electron chi connectivity index (χ0n) is 18.6. The molecule has 0 saturated carbocycles. The Morgan fingerprint density at radius 2 is 2.12 bits per heavy atom. The summed E-state index contributed by atoms with van der Waals surface area (Å²) in [5.41, 5.74) is 3.27. The molecule has 0 amide bonds. The molecule has 3 N–H and O–H groups in total. The number of carboxylic acids is 1. The van der Waals surface area contributed by atoms with Crippen molar-refractivity contribution in [1.82, 2.24) is 14.5 Å². The highest BCUT2D eigenvalue weighted by atomic mass is 16.7. The maximum absolute atomic E-state index is 11.5. The highest BCUT2D eigenvalue weighted by Gasteiger charge is 2.21. The number of benzene rings is 1. The molecule has 0 aliphatic carbocycles. The van der Waals surface area contributed by atoms with Crippen LogP contribution in [0.3, 0.4) is 0 Å². The number of aromatic nitrogens is 3. The van der Waals surface area contributed by atoms with Crippen LogP contribution in [0, 0.1) is 0 Å². The second kappa shape index (κ2) is 9.56. The summed E-state index contributed by atoms with van der Waals surface area (Å²) in [7, 11) is 0. The van der Waals surface area contributed by atoms with E-state index in [1.807, 2.05) is 35.0 Å². The Balaban J connectivity index is 1.27. The summed E-state index contributed by atoms with van der Waals surface area (Å²) < 4.78 is 12.6. The lowest BCUT2D eigenvalue weighted by Gasteiger charge is -2.18. The van der Waals surface area contributed by atoms with Crippen molar-refractivity contribution < 1.29 is 24.5 Å². The van der Waals surface area contributed by atoms with Crippen LogP contribution in [0.15, 0.2) is 48.9 Å². The number of hydrogen-bond donors (Lipinski definition) is 3. The van der Waals surface area contributed by atoms with Crippen LogP contribution in [0.4, 0.5) is 5.82 Å². The van der Waals surface area contributed by atoms with E-state index in [4.69, 9.17) is 9.47 Å². The Bertz CT molecular complexity index is 1220. The maximum atomic E-state index is 11.5. The monoisotopic (exact) mass is 462 g/mol. The summed E-state index contributed by atoms with van der Waals surface area (Å²) in [5, 5.41) is 23.3. The maximum Gasteiger partial charge on any atom is 0.304 e. The molecule has 34 heavy (non-hydrogen) atoms. The average molecular weight is 463 g/mol. The number of anilines is 1. The van der Waals surface area contributed by atoms with Crippen molar-refractivity contribution in [3.63, 3.8) is 0 Å². The Morgan fingerprint density at radius 1 is 1.24 bits per heavy atom. The van der Waals surface area contributed by atoms with Gasteiger partial charge in [0.2, 0.25) is 6.79 Å². The molecule has 0 saturated heterocycles. The van der Waals surface area contributed by atoms with E-state index < -0.39 is 12.1 Å². The molecule has 9 heteroatoms. The van der Waals surface area contributed by atoms with Crippen LogP contribution in [-0.2, 0) is 17.8 Å². The van der Waals surface area contributed by atoms with Crippen LogP contribution in [0.2, 0.25) is 0 Å². The molecular formula is C25H26N4O5. The van der Waals surface area contributed by atoms with Gasteiger partial charge in [-0.15, -0.1) is 0 Å². The molecule has 5 rings (SSSR count). The van der Waals surface area contributed by atoms with E-state index in [1.165, 1.54) is 5.56 Å². The number of pyridine rings is 1. The van der Waals surface area contributed by atoms with Gasteiger partial charge >= 0.3 is 5.97 Å². The van der Waals surface area contributed by atoms with E-state index in [1.54, 1.807) is 24.5 Å². The molecular weight excluding hydrogens is 436 g/mol. The second-order valence-corrected chi connectivity index (χ2v) is 8.48. The first kappa shape index (κ1) is 22.0. The molecule has 2 aromatic heterocycles. The molecule has 0 spiro atoms. The van der Waals surface area contributed by atoms with Crippen LogP contribution in [0.5, 0.6) is 11.5 Å². The molecule has 0 fully saturated rings. The number of carboxylic acid groups (broad SMARTS) is 1. The summed E-state index contributed by atoms with van der Waals surface area (Å²) in [4.78, 5) is 20.4. The Kier molecular flexibility index (Phi) is 6.18. The van der Waals surface area contributed by atoms with Crippen LogP contribution < -0.4 is 14.8 Å². The first-order valence-electron chi connectivity index (χ1n) is 11.3. The number of aliphatic carboxylic acids is 1. The fraction of sp³-hybridized carbons (Fsp3) is 0.320. The number of aliphatic hydroxyl groups is 1. The summed E-state index contributed by atoms with van der Waals surface area (Å²) in [6, 6.07) is 9.37. The molecule has 0 radical (unpaired) electrons. The topological polar surface area (TPSA) is 119 Å². The van der Waals surface area contributed by atoms with Crippen molar-refractivity contribution in [1.29, 1.82) is 0 Å². The standard InChI is InChI=1S/C25H26N4O5/c30-21(20-6-3-16-2-1-9-26-25(16)28-20)7-5-19-13-29(14-27-19)12-18(11-24(31)32)17-4-8-22-23(10-17)34-15-33-22/h3-8,10,13-14,18,21,30H,1-2,9,11-12,15H2,(H,26,28)(H,31,32)/b7-5+. The van der Waals surface area contributed by atoms with E-state index >= 15 is 0 Å². The van der Waals surface area contributed by atoms with Crippen molar-refractivity contribution in [3.8, 4) is 11.5 Å². The quantitative estimate of drug-likeness (QED) is 0.466. The molecule has 9 nitrogen and oxygen atoms in total. The van der Waals surface area contributed by atoms with Crippen molar-refractivity contribution in [2.75, 3.05) is 18.7 Å². The van der Waals surface area contributed by atoms with E-state index in [0.717, 1.165) is 30.8 Å². The molecule has 2 aliphatic rings. The number of hydrogen-bond acceptors (Lipinski definition) is 7. The number of ether oxygens (including phenoxy) is 2. The van der Waals surface area contributed by atoms with Gasteiger partial charge in [-0.05, 0) is 54.3 Å². The third kappa shape index (κ3) is 4.89. The van der Waals surface area contributed by atoms with Gasteiger partial charge in [0.05, 0.1) is 24.1 Å². The summed E-state index contributed by atoms with van der Waals surface area (Å²) >= 11 is 0. The number of aryl methyl sites for hydroxylation is 1. The van der Waals surface area contributed by atoms with E-state index in [9.17, 15) is 15.0 Å². The second-order valence-electron chi connectivity index (χ2n) is 8.48. The predicted molar refractivity (Wildman–Crippen MR) is 125 cm³/mol. The molecule has 2 unspecified atom stereocenters. The summed E-state index contributed by atoms with van der Waals surface area (Å²) in [6.45, 7) is 1.50. The number of rotatable bonds is 8. The minimum atomic E-state index is -0.877. The van der Waals surface area contributed by atoms with Gasteiger partial charge in [-0.2, -0.15) is 0 Å². The SMILES string of the molecule is O=C(O)CC(Cn1cnc(/C=C/C(O)c2ccc3c(n2)NCCC3)c1)c1ccc2c(c1)OCO2. The number of nitrogens with one attached hydrogen (secondary N) is 1. The van der Waals surface area contributed by atoms with Crippen LogP contribution in [0.1, 0.15) is 47.4 Å². The van der Waals surface area contributed by atoms with Crippen molar-refractivity contribution in [2.24, 2.45) is 0 Å². The van der Waals surface area contributed by atoms with Gasteiger partial charge in [-0.1, -0.05) is 12.1 Å². The highest BCUT2D eigenvalue weighted by Crippen LogP contribution is 2.36. The van der Waals surface area contributed by atoms with Crippen LogP contribution in [0.25, 0.3) is 6.08 Å². The van der Waals surface area contributed by atoms with E-state index in [0.29, 0.717) is 29.4 Å². The van der Waals surface area contributed by atoms with Crippen molar-refractivity contribution in [3.05, 3.63) is 71.4 Å². The molecule has 0 bridgehead atoms. The fourth-order valence-electron chi connectivity index (χ4n) is 4.28. The number of fused-ring (bicyclic) bond motifs is 2. The minimum absolute atomic E-state index is 0.0280. The zero-order chi connectivity index (χ0) is 23.5. The predicted octanol–water partition coefficient (Wildman–Crippen LogP) is 3.37. The lowest BCUT2D eigenvalue weighted by molar-refractivity contribution is -0.137. The Labute approximate surface area is 196 Å². The van der Waals surface area contributed by atoms with Crippen LogP contribution in [-0.4, -0.2) is 44.1 Å². The normalized spacial score (nSPS) is 16.1. The lowest BCUT2D eigenvalue weighted by Crippen LogP contribution is -2.14. The molecule has 2 atom stereocenters. The molecule has 4 heterocycles. The van der Waals surface area contributed by atoms with Crippen molar-refractivity contribution in [2.45, 2.75) is 37.8 Å². The minimum Gasteiger partial charge on any atom is -0.481 e. The third-order valence-corrected chi connectivity index (χ3v) is 6.04. The van der Waals surface area contributed by atoms with Gasteiger partial charge in [0.25, 0.3) is 0 Å². The fourth-order valence-corrected chi connectivity index (χ4v) is 4.28. The summed E-state index contributed by atoms with van der Waals surface area (Å²) in [5.74, 6) is 0.986. The van der Waals surface area contributed by atoms with Crippen LogP contribution >= 0.6 is 0 Å². The number of aliphatic hydroxyl groups excluding tert-OH is 1. The Hall–Kier alpha value is -3.85. The summed E-state index contributed by atoms with van der Waals surface area (Å²) in [6.07, 6.45) is 8.07. The number of imidazole rings is 1. The van der Waals surface area contributed by atoms with Gasteiger partial charge in [0.15, 0.2) is 11.5 Å².